The van der Waals surface area contributed by atoms with Gasteiger partial charge < -0.3 is 14.6 Å². The third-order valence-electron chi connectivity index (χ3n) is 2.48. The van der Waals surface area contributed by atoms with Gasteiger partial charge in [0.25, 0.3) is 0 Å². The highest BCUT2D eigenvalue weighted by Gasteiger charge is 2.12. The van der Waals surface area contributed by atoms with E-state index in [4.69, 9.17) is 14.6 Å². The molecule has 0 aliphatic rings. The van der Waals surface area contributed by atoms with E-state index in [1.165, 1.54) is 14.2 Å². The molecule has 6 nitrogen and oxygen atoms in total. The molecule has 0 spiro atoms. The number of rotatable bonds is 8. The first-order valence-electron chi connectivity index (χ1n) is 5.86. The van der Waals surface area contributed by atoms with Gasteiger partial charge in [0, 0.05) is 12.7 Å². The standard InChI is InChI=1S/C12H19NO5S/c1-17-11-6-5-10(9-12(11)18-2)13-19(15,16)8-4-3-7-14/h5-6,9,13-14H,3-4,7-8H2,1-2H3. The third-order valence-corrected chi connectivity index (χ3v) is 3.85. The summed E-state index contributed by atoms with van der Waals surface area (Å²) >= 11 is 0. The second kappa shape index (κ2) is 7.20. The summed E-state index contributed by atoms with van der Waals surface area (Å²) in [4.78, 5) is 0. The van der Waals surface area contributed by atoms with Gasteiger partial charge in [-0.05, 0) is 25.0 Å². The molecule has 0 fully saturated rings. The largest absolute Gasteiger partial charge is 0.493 e. The first-order valence-corrected chi connectivity index (χ1v) is 7.51. The summed E-state index contributed by atoms with van der Waals surface area (Å²) in [7, 11) is -0.415. The van der Waals surface area contributed by atoms with Gasteiger partial charge in [0.2, 0.25) is 10.0 Å². The molecule has 0 saturated carbocycles. The number of hydrogen-bond donors (Lipinski definition) is 2. The Hall–Kier alpha value is -1.47. The third kappa shape index (κ3) is 4.96. The second-order valence-electron chi connectivity index (χ2n) is 3.92. The van der Waals surface area contributed by atoms with Crippen LogP contribution < -0.4 is 14.2 Å². The molecule has 0 aliphatic heterocycles. The van der Waals surface area contributed by atoms with E-state index in [9.17, 15) is 8.42 Å². The van der Waals surface area contributed by atoms with Crippen LogP contribution in [0.4, 0.5) is 5.69 Å². The summed E-state index contributed by atoms with van der Waals surface area (Å²) in [5.41, 5.74) is 0.418. The summed E-state index contributed by atoms with van der Waals surface area (Å²) < 4.78 is 36.2. The monoisotopic (exact) mass is 289 g/mol. The fourth-order valence-corrected chi connectivity index (χ4v) is 2.71. The summed E-state index contributed by atoms with van der Waals surface area (Å²) in [6.45, 7) is -0.00806. The van der Waals surface area contributed by atoms with Crippen LogP contribution in [0.5, 0.6) is 11.5 Å². The fraction of sp³-hybridized carbons (Fsp3) is 0.500. The summed E-state index contributed by atoms with van der Waals surface area (Å²) in [6.07, 6.45) is 0.881. The molecular formula is C12H19NO5S. The van der Waals surface area contributed by atoms with Crippen LogP contribution in [-0.4, -0.2) is 40.1 Å². The molecule has 2 N–H and O–H groups in total. The molecule has 1 rings (SSSR count). The molecule has 19 heavy (non-hydrogen) atoms. The minimum absolute atomic E-state index is 0.00806. The van der Waals surface area contributed by atoms with E-state index in [-0.39, 0.29) is 12.4 Å². The maximum atomic E-state index is 11.8. The Morgan fingerprint density at radius 3 is 2.42 bits per heavy atom. The summed E-state index contributed by atoms with van der Waals surface area (Å²) in [5.74, 6) is 0.964. The van der Waals surface area contributed by atoms with Crippen LogP contribution in [0.15, 0.2) is 18.2 Å². The van der Waals surface area contributed by atoms with Gasteiger partial charge in [-0.3, -0.25) is 4.72 Å². The lowest BCUT2D eigenvalue weighted by Crippen LogP contribution is -2.17. The molecule has 0 heterocycles. The van der Waals surface area contributed by atoms with Crippen molar-refractivity contribution >= 4 is 15.7 Å². The van der Waals surface area contributed by atoms with Gasteiger partial charge in [0.1, 0.15) is 0 Å². The molecule has 0 radical (unpaired) electrons. The average molecular weight is 289 g/mol. The number of anilines is 1. The van der Waals surface area contributed by atoms with E-state index in [1.54, 1.807) is 18.2 Å². The predicted molar refractivity (Wildman–Crippen MR) is 73.3 cm³/mol. The zero-order valence-corrected chi connectivity index (χ0v) is 11.9. The number of nitrogens with one attached hydrogen (secondary N) is 1. The lowest BCUT2D eigenvalue weighted by Gasteiger charge is -2.11. The number of aliphatic hydroxyl groups excluding tert-OH is 1. The van der Waals surface area contributed by atoms with E-state index in [0.717, 1.165) is 0 Å². The average Bonchev–Trinajstić information content (AvgIpc) is 2.38. The first kappa shape index (κ1) is 15.6. The fourth-order valence-electron chi connectivity index (χ4n) is 1.53. The highest BCUT2D eigenvalue weighted by Crippen LogP contribution is 2.30. The second-order valence-corrected chi connectivity index (χ2v) is 5.76. The van der Waals surface area contributed by atoms with Crippen LogP contribution in [0, 0.1) is 0 Å². The van der Waals surface area contributed by atoms with Crippen LogP contribution >= 0.6 is 0 Å². The van der Waals surface area contributed by atoms with E-state index in [1.807, 2.05) is 0 Å². The van der Waals surface area contributed by atoms with Crippen molar-refractivity contribution in [3.05, 3.63) is 18.2 Å². The van der Waals surface area contributed by atoms with Gasteiger partial charge in [0.15, 0.2) is 11.5 Å². The van der Waals surface area contributed by atoms with Crippen molar-refractivity contribution < 1.29 is 23.0 Å². The zero-order chi connectivity index (χ0) is 14.3. The Morgan fingerprint density at radius 2 is 1.84 bits per heavy atom. The van der Waals surface area contributed by atoms with Crippen LogP contribution in [0.3, 0.4) is 0 Å². The van der Waals surface area contributed by atoms with Crippen molar-refractivity contribution in [2.45, 2.75) is 12.8 Å². The van der Waals surface area contributed by atoms with Gasteiger partial charge in [-0.2, -0.15) is 0 Å². The molecule has 0 aliphatic carbocycles. The van der Waals surface area contributed by atoms with E-state index >= 15 is 0 Å². The van der Waals surface area contributed by atoms with Crippen molar-refractivity contribution in [3.63, 3.8) is 0 Å². The van der Waals surface area contributed by atoms with Gasteiger partial charge in [0.05, 0.1) is 25.7 Å². The number of sulfonamides is 1. The number of methoxy groups -OCH3 is 2. The SMILES string of the molecule is COc1ccc(NS(=O)(=O)CCCCO)cc1OC. The molecule has 0 amide bonds. The Kier molecular flexibility index (Phi) is 5.91. The molecule has 0 unspecified atom stereocenters. The number of ether oxygens (including phenoxy) is 2. The molecule has 108 valence electrons. The van der Waals surface area contributed by atoms with Crippen molar-refractivity contribution in [2.24, 2.45) is 0 Å². The molecule has 0 saturated heterocycles. The van der Waals surface area contributed by atoms with Crippen LogP contribution in [0.1, 0.15) is 12.8 Å². The van der Waals surface area contributed by atoms with Crippen LogP contribution in [-0.2, 0) is 10.0 Å². The first-order chi connectivity index (χ1) is 9.02. The van der Waals surface area contributed by atoms with Gasteiger partial charge in [-0.1, -0.05) is 0 Å². The highest BCUT2D eigenvalue weighted by molar-refractivity contribution is 7.92. The highest BCUT2D eigenvalue weighted by atomic mass is 32.2. The lowest BCUT2D eigenvalue weighted by atomic mass is 10.3. The maximum absolute atomic E-state index is 11.8. The molecule has 0 atom stereocenters. The lowest BCUT2D eigenvalue weighted by molar-refractivity contribution is 0.287. The number of unbranched alkanes of at least 4 members (excludes halogenated alkanes) is 1. The smallest absolute Gasteiger partial charge is 0.232 e. The Balaban J connectivity index is 2.76. The Morgan fingerprint density at radius 1 is 1.16 bits per heavy atom. The molecule has 0 aromatic heterocycles. The van der Waals surface area contributed by atoms with Crippen molar-refractivity contribution in [3.8, 4) is 11.5 Å². The minimum Gasteiger partial charge on any atom is -0.493 e. The van der Waals surface area contributed by atoms with E-state index in [0.29, 0.717) is 30.0 Å². The summed E-state index contributed by atoms with van der Waals surface area (Å²) in [5, 5.41) is 8.63. The molecular weight excluding hydrogens is 270 g/mol. The number of aliphatic hydroxyl groups is 1. The van der Waals surface area contributed by atoms with Crippen molar-refractivity contribution in [1.82, 2.24) is 0 Å². The van der Waals surface area contributed by atoms with Crippen LogP contribution in [0.2, 0.25) is 0 Å². The van der Waals surface area contributed by atoms with Crippen molar-refractivity contribution in [1.29, 1.82) is 0 Å². The summed E-state index contributed by atoms with van der Waals surface area (Å²) in [6, 6.07) is 4.79. The van der Waals surface area contributed by atoms with E-state index < -0.39 is 10.0 Å². The zero-order valence-electron chi connectivity index (χ0n) is 11.0. The maximum Gasteiger partial charge on any atom is 0.232 e. The molecule has 1 aromatic rings. The molecule has 0 bridgehead atoms. The van der Waals surface area contributed by atoms with Gasteiger partial charge in [-0.15, -0.1) is 0 Å². The predicted octanol–water partition coefficient (Wildman–Crippen LogP) is 1.22. The van der Waals surface area contributed by atoms with Gasteiger partial charge in [-0.25, -0.2) is 8.42 Å². The Labute approximate surface area is 113 Å². The van der Waals surface area contributed by atoms with Crippen LogP contribution in [0.25, 0.3) is 0 Å². The van der Waals surface area contributed by atoms with Gasteiger partial charge >= 0.3 is 0 Å². The van der Waals surface area contributed by atoms with E-state index in [2.05, 4.69) is 4.72 Å². The Bertz CT molecular complexity index is 501. The molecule has 7 heteroatoms. The number of hydrogen-bond acceptors (Lipinski definition) is 5. The van der Waals surface area contributed by atoms with Crippen molar-refractivity contribution in [2.75, 3.05) is 31.3 Å². The normalized spacial score (nSPS) is 11.1. The topological polar surface area (TPSA) is 84.9 Å². The minimum atomic E-state index is -3.41. The quantitative estimate of drug-likeness (QED) is 0.703. The number of benzene rings is 1. The molecule has 1 aromatic carbocycles.